The predicted molar refractivity (Wildman–Crippen MR) is 51.1 cm³/mol. The van der Waals surface area contributed by atoms with Gasteiger partial charge < -0.3 is 9.72 Å². The standard InChI is InChI=1S/C8H6BrF2NO3/c1-15-8(14)5-3(7(10)11)2-4(13)12-6(5)9/h2,7H,1H3,(H,12,13). The molecule has 1 heterocycles. The van der Waals surface area contributed by atoms with Gasteiger partial charge in [0, 0.05) is 11.6 Å². The third kappa shape index (κ3) is 2.41. The molecule has 0 spiro atoms. The van der Waals surface area contributed by atoms with Gasteiger partial charge in [-0.25, -0.2) is 13.6 Å². The average molecular weight is 282 g/mol. The predicted octanol–water partition coefficient (Wildman–Crippen LogP) is 1.86. The lowest BCUT2D eigenvalue weighted by Crippen LogP contribution is -2.15. The number of aromatic amines is 1. The molecule has 0 unspecified atom stereocenters. The van der Waals surface area contributed by atoms with Crippen molar-refractivity contribution in [1.29, 1.82) is 0 Å². The highest BCUT2D eigenvalue weighted by atomic mass is 79.9. The Morgan fingerprint density at radius 2 is 2.20 bits per heavy atom. The van der Waals surface area contributed by atoms with Gasteiger partial charge in [-0.15, -0.1) is 0 Å². The zero-order chi connectivity index (χ0) is 11.6. The summed E-state index contributed by atoms with van der Waals surface area (Å²) >= 11 is 2.82. The molecule has 0 aromatic carbocycles. The van der Waals surface area contributed by atoms with Gasteiger partial charge in [0.2, 0.25) is 5.56 Å². The Morgan fingerprint density at radius 1 is 1.60 bits per heavy atom. The zero-order valence-electron chi connectivity index (χ0n) is 7.51. The fourth-order valence-corrected chi connectivity index (χ4v) is 1.61. The molecule has 1 aromatic heterocycles. The van der Waals surface area contributed by atoms with E-state index in [1.165, 1.54) is 0 Å². The minimum absolute atomic E-state index is 0.114. The molecule has 0 saturated heterocycles. The summed E-state index contributed by atoms with van der Waals surface area (Å²) in [7, 11) is 1.06. The Morgan fingerprint density at radius 3 is 2.67 bits per heavy atom. The van der Waals surface area contributed by atoms with Crippen molar-refractivity contribution in [2.45, 2.75) is 6.43 Å². The van der Waals surface area contributed by atoms with Crippen LogP contribution < -0.4 is 5.56 Å². The number of hydrogen-bond acceptors (Lipinski definition) is 3. The lowest BCUT2D eigenvalue weighted by molar-refractivity contribution is 0.0587. The number of nitrogens with one attached hydrogen (secondary N) is 1. The van der Waals surface area contributed by atoms with Crippen LogP contribution in [-0.4, -0.2) is 18.1 Å². The molecule has 4 nitrogen and oxygen atoms in total. The Hall–Kier alpha value is -1.24. The molecule has 15 heavy (non-hydrogen) atoms. The molecule has 0 bridgehead atoms. The van der Waals surface area contributed by atoms with E-state index >= 15 is 0 Å². The van der Waals surface area contributed by atoms with Crippen molar-refractivity contribution in [3.05, 3.63) is 32.2 Å². The molecule has 0 aliphatic rings. The van der Waals surface area contributed by atoms with Crippen LogP contribution in [-0.2, 0) is 4.74 Å². The molecule has 1 aromatic rings. The first-order valence-corrected chi connectivity index (χ1v) is 4.56. The SMILES string of the molecule is COC(=O)c1c(C(F)F)cc(=O)[nH]c1Br. The number of rotatable bonds is 2. The first-order valence-electron chi connectivity index (χ1n) is 3.76. The molecule has 0 radical (unpaired) electrons. The van der Waals surface area contributed by atoms with Crippen LogP contribution in [0, 0.1) is 0 Å². The molecule has 0 aliphatic heterocycles. The summed E-state index contributed by atoms with van der Waals surface area (Å²) in [5, 5.41) is 0. The molecular weight excluding hydrogens is 276 g/mol. The van der Waals surface area contributed by atoms with Crippen molar-refractivity contribution >= 4 is 21.9 Å². The van der Waals surface area contributed by atoms with Crippen molar-refractivity contribution in [3.8, 4) is 0 Å². The summed E-state index contributed by atoms with van der Waals surface area (Å²) in [6.07, 6.45) is -2.92. The summed E-state index contributed by atoms with van der Waals surface area (Å²) < 4.78 is 29.2. The number of aromatic nitrogens is 1. The van der Waals surface area contributed by atoms with Crippen LogP contribution in [0.5, 0.6) is 0 Å². The fourth-order valence-electron chi connectivity index (χ4n) is 1.03. The summed E-state index contributed by atoms with van der Waals surface area (Å²) in [5.41, 5.74) is -1.74. The average Bonchev–Trinajstić information content (AvgIpc) is 2.15. The van der Waals surface area contributed by atoms with Gasteiger partial charge in [0.05, 0.1) is 12.7 Å². The van der Waals surface area contributed by atoms with E-state index in [4.69, 9.17) is 0 Å². The van der Waals surface area contributed by atoms with E-state index in [1.807, 2.05) is 0 Å². The quantitative estimate of drug-likeness (QED) is 0.665. The monoisotopic (exact) mass is 281 g/mol. The number of halogens is 3. The number of ether oxygens (including phenoxy) is 1. The Kier molecular flexibility index (Phi) is 3.57. The molecule has 0 aliphatic carbocycles. The number of H-pyrrole nitrogens is 1. The van der Waals surface area contributed by atoms with E-state index in [-0.39, 0.29) is 10.2 Å². The highest BCUT2D eigenvalue weighted by molar-refractivity contribution is 9.10. The van der Waals surface area contributed by atoms with Gasteiger partial charge in [0.15, 0.2) is 0 Å². The Balaban J connectivity index is 3.47. The van der Waals surface area contributed by atoms with Crippen LogP contribution in [0.3, 0.4) is 0 Å². The summed E-state index contributed by atoms with van der Waals surface area (Å²) in [6, 6.07) is 0.668. The van der Waals surface area contributed by atoms with Crippen molar-refractivity contribution in [2.75, 3.05) is 7.11 Å². The number of alkyl halides is 2. The first kappa shape index (κ1) is 11.8. The third-order valence-corrected chi connectivity index (χ3v) is 2.25. The number of methoxy groups -OCH3 is 1. The van der Waals surface area contributed by atoms with Gasteiger partial charge in [-0.1, -0.05) is 0 Å². The molecule has 82 valence electrons. The van der Waals surface area contributed by atoms with Crippen LogP contribution >= 0.6 is 15.9 Å². The second-order valence-electron chi connectivity index (χ2n) is 2.57. The van der Waals surface area contributed by atoms with Crippen molar-refractivity contribution in [2.24, 2.45) is 0 Å². The van der Waals surface area contributed by atoms with Crippen LogP contribution in [0.1, 0.15) is 22.3 Å². The van der Waals surface area contributed by atoms with Gasteiger partial charge in [0.1, 0.15) is 4.60 Å². The van der Waals surface area contributed by atoms with Crippen LogP contribution in [0.4, 0.5) is 8.78 Å². The van der Waals surface area contributed by atoms with E-state index in [0.717, 1.165) is 7.11 Å². The molecule has 1 N–H and O–H groups in total. The van der Waals surface area contributed by atoms with E-state index in [0.29, 0.717) is 6.07 Å². The smallest absolute Gasteiger partial charge is 0.341 e. The lowest BCUT2D eigenvalue weighted by Gasteiger charge is -2.07. The second-order valence-corrected chi connectivity index (χ2v) is 3.36. The zero-order valence-corrected chi connectivity index (χ0v) is 9.10. The van der Waals surface area contributed by atoms with Gasteiger partial charge in [0.25, 0.3) is 6.43 Å². The molecule has 0 atom stereocenters. The van der Waals surface area contributed by atoms with E-state index in [1.54, 1.807) is 0 Å². The highest BCUT2D eigenvalue weighted by Gasteiger charge is 2.23. The number of pyridine rings is 1. The van der Waals surface area contributed by atoms with Crippen LogP contribution in [0.2, 0.25) is 0 Å². The molecular formula is C8H6BrF2NO3. The van der Waals surface area contributed by atoms with E-state index in [9.17, 15) is 18.4 Å². The maximum absolute atomic E-state index is 12.5. The maximum atomic E-state index is 12.5. The number of carbonyl (C=O) groups excluding carboxylic acids is 1. The van der Waals surface area contributed by atoms with Gasteiger partial charge in [-0.3, -0.25) is 4.79 Å². The summed E-state index contributed by atoms with van der Waals surface area (Å²) in [4.78, 5) is 24.2. The second kappa shape index (κ2) is 4.52. The summed E-state index contributed by atoms with van der Waals surface area (Å²) in [5.74, 6) is -0.937. The van der Waals surface area contributed by atoms with Gasteiger partial charge in [-0.2, -0.15) is 0 Å². The molecule has 0 saturated carbocycles. The van der Waals surface area contributed by atoms with E-state index in [2.05, 4.69) is 25.7 Å². The van der Waals surface area contributed by atoms with E-state index < -0.39 is 23.5 Å². The Bertz CT molecular complexity index is 444. The van der Waals surface area contributed by atoms with Crippen molar-refractivity contribution < 1.29 is 18.3 Å². The highest BCUT2D eigenvalue weighted by Crippen LogP contribution is 2.26. The molecule has 7 heteroatoms. The summed E-state index contributed by atoms with van der Waals surface area (Å²) in [6.45, 7) is 0. The number of carbonyl (C=O) groups is 1. The van der Waals surface area contributed by atoms with Gasteiger partial charge >= 0.3 is 5.97 Å². The molecule has 0 amide bonds. The van der Waals surface area contributed by atoms with Crippen molar-refractivity contribution in [1.82, 2.24) is 4.98 Å². The lowest BCUT2D eigenvalue weighted by atomic mass is 10.1. The first-order chi connectivity index (χ1) is 6.97. The number of esters is 1. The maximum Gasteiger partial charge on any atom is 0.341 e. The molecule has 1 rings (SSSR count). The fraction of sp³-hybridized carbons (Fsp3) is 0.250. The normalized spacial score (nSPS) is 10.5. The Labute approximate surface area is 91.4 Å². The minimum atomic E-state index is -2.92. The largest absolute Gasteiger partial charge is 0.465 e. The number of hydrogen-bond donors (Lipinski definition) is 1. The van der Waals surface area contributed by atoms with Crippen molar-refractivity contribution in [3.63, 3.8) is 0 Å². The topological polar surface area (TPSA) is 59.2 Å². The van der Waals surface area contributed by atoms with Crippen LogP contribution in [0.25, 0.3) is 0 Å². The minimum Gasteiger partial charge on any atom is -0.465 e. The van der Waals surface area contributed by atoms with Gasteiger partial charge in [-0.05, 0) is 15.9 Å². The van der Waals surface area contributed by atoms with Crippen LogP contribution in [0.15, 0.2) is 15.5 Å². The third-order valence-electron chi connectivity index (χ3n) is 1.65. The molecule has 0 fully saturated rings.